The lowest BCUT2D eigenvalue weighted by Crippen LogP contribution is -2.39. The Morgan fingerprint density at radius 2 is 1.84 bits per heavy atom. The van der Waals surface area contributed by atoms with Gasteiger partial charge >= 0.3 is 0 Å². The van der Waals surface area contributed by atoms with Crippen LogP contribution in [-0.4, -0.2) is 32.7 Å². The molecule has 0 bridgehead atoms. The molecule has 5 heteroatoms. The molecule has 1 aliphatic carbocycles. The average Bonchev–Trinajstić information content (AvgIpc) is 3.41. The van der Waals surface area contributed by atoms with Crippen LogP contribution in [0.15, 0.2) is 59.6 Å². The number of methoxy groups -OCH3 is 1. The Labute approximate surface area is 167 Å². The summed E-state index contributed by atoms with van der Waals surface area (Å²) in [5, 5.41) is 6.91. The van der Waals surface area contributed by atoms with Crippen LogP contribution in [0.25, 0.3) is 0 Å². The fraction of sp³-hybridized carbons (Fsp3) is 0.350. The smallest absolute Gasteiger partial charge is 0.191 e. The highest BCUT2D eigenvalue weighted by Crippen LogP contribution is 2.40. The van der Waals surface area contributed by atoms with Crippen molar-refractivity contribution < 1.29 is 4.74 Å². The molecule has 4 nitrogen and oxygen atoms in total. The van der Waals surface area contributed by atoms with Crippen molar-refractivity contribution >= 4 is 29.9 Å². The van der Waals surface area contributed by atoms with Crippen molar-refractivity contribution in [3.63, 3.8) is 0 Å². The van der Waals surface area contributed by atoms with Crippen LogP contribution < -0.4 is 15.4 Å². The van der Waals surface area contributed by atoms with E-state index in [1.54, 1.807) is 7.11 Å². The highest BCUT2D eigenvalue weighted by Gasteiger charge is 2.38. The molecule has 0 aliphatic heterocycles. The highest BCUT2D eigenvalue weighted by atomic mass is 127. The summed E-state index contributed by atoms with van der Waals surface area (Å²) in [6.07, 6.45) is 2.13. The van der Waals surface area contributed by atoms with Gasteiger partial charge in [0.2, 0.25) is 0 Å². The first-order valence-corrected chi connectivity index (χ1v) is 8.45. The Balaban J connectivity index is 0.00000225. The molecule has 2 N–H and O–H groups in total. The van der Waals surface area contributed by atoms with Gasteiger partial charge in [-0.15, -0.1) is 24.0 Å². The Hall–Kier alpha value is -1.76. The van der Waals surface area contributed by atoms with Crippen molar-refractivity contribution in [1.29, 1.82) is 0 Å². The molecule has 2 unspecified atom stereocenters. The van der Waals surface area contributed by atoms with Gasteiger partial charge < -0.3 is 15.4 Å². The van der Waals surface area contributed by atoms with Gasteiger partial charge in [0.15, 0.2) is 5.96 Å². The summed E-state index contributed by atoms with van der Waals surface area (Å²) in [5.41, 5.74) is 2.69. The zero-order chi connectivity index (χ0) is 16.8. The zero-order valence-corrected chi connectivity index (χ0v) is 17.1. The van der Waals surface area contributed by atoms with Crippen LogP contribution in [0.1, 0.15) is 23.5 Å². The number of hydrogen-bond acceptors (Lipinski definition) is 2. The van der Waals surface area contributed by atoms with Gasteiger partial charge in [-0.1, -0.05) is 42.5 Å². The summed E-state index contributed by atoms with van der Waals surface area (Å²) in [4.78, 5) is 4.33. The van der Waals surface area contributed by atoms with Gasteiger partial charge in [0, 0.05) is 25.6 Å². The van der Waals surface area contributed by atoms with Gasteiger partial charge in [-0.25, -0.2) is 0 Å². The maximum absolute atomic E-state index is 5.18. The normalized spacial score (nSPS) is 18.9. The molecule has 3 rings (SSSR count). The van der Waals surface area contributed by atoms with Crippen molar-refractivity contribution in [3.05, 3.63) is 65.7 Å². The maximum Gasteiger partial charge on any atom is 0.191 e. The summed E-state index contributed by atoms with van der Waals surface area (Å²) < 4.78 is 5.18. The molecule has 2 atom stereocenters. The molecule has 0 saturated heterocycles. The molecular formula is C20H26IN3O. The number of nitrogens with zero attached hydrogens (tertiary/aromatic N) is 1. The van der Waals surface area contributed by atoms with Gasteiger partial charge in [0.05, 0.1) is 7.11 Å². The molecule has 0 heterocycles. The Morgan fingerprint density at radius 3 is 2.48 bits per heavy atom. The SMILES string of the molecule is CN=C(NCCc1ccc(OC)cc1)NC1CC1c1ccccc1.I. The lowest BCUT2D eigenvalue weighted by Gasteiger charge is -2.12. The number of halogens is 1. The Kier molecular flexibility index (Phi) is 7.55. The van der Waals surface area contributed by atoms with E-state index in [4.69, 9.17) is 4.74 Å². The molecule has 0 radical (unpaired) electrons. The molecule has 1 aliphatic rings. The van der Waals surface area contributed by atoms with E-state index in [2.05, 4.69) is 58.1 Å². The van der Waals surface area contributed by atoms with Gasteiger partial charge in [-0.3, -0.25) is 4.99 Å². The first-order chi connectivity index (χ1) is 11.8. The van der Waals surface area contributed by atoms with E-state index >= 15 is 0 Å². The van der Waals surface area contributed by atoms with Crippen molar-refractivity contribution in [2.45, 2.75) is 24.8 Å². The predicted octanol–water partition coefficient (Wildman–Crippen LogP) is 3.58. The third-order valence-electron chi connectivity index (χ3n) is 4.43. The lowest BCUT2D eigenvalue weighted by molar-refractivity contribution is 0.414. The number of ether oxygens (including phenoxy) is 1. The molecule has 2 aromatic rings. The largest absolute Gasteiger partial charge is 0.497 e. The van der Waals surface area contributed by atoms with Gasteiger partial charge in [0.25, 0.3) is 0 Å². The Morgan fingerprint density at radius 1 is 1.12 bits per heavy atom. The molecular weight excluding hydrogens is 425 g/mol. The van der Waals surface area contributed by atoms with Crippen molar-refractivity contribution in [1.82, 2.24) is 10.6 Å². The van der Waals surface area contributed by atoms with Gasteiger partial charge in [0.1, 0.15) is 5.75 Å². The van der Waals surface area contributed by atoms with E-state index in [-0.39, 0.29) is 24.0 Å². The summed E-state index contributed by atoms with van der Waals surface area (Å²) in [6.45, 7) is 0.856. The van der Waals surface area contributed by atoms with E-state index in [9.17, 15) is 0 Å². The molecule has 25 heavy (non-hydrogen) atoms. The fourth-order valence-electron chi connectivity index (χ4n) is 2.91. The molecule has 0 aromatic heterocycles. The standard InChI is InChI=1S/C20H25N3O.HI/c1-21-20(22-13-12-15-8-10-17(24-2)11-9-15)23-19-14-18(19)16-6-4-3-5-7-16;/h3-11,18-19H,12-14H2,1-2H3,(H2,21,22,23);1H. The van der Waals surface area contributed by atoms with Crippen LogP contribution in [0.2, 0.25) is 0 Å². The minimum atomic E-state index is 0. The van der Waals surface area contributed by atoms with Crippen molar-refractivity contribution in [2.24, 2.45) is 4.99 Å². The van der Waals surface area contributed by atoms with E-state index in [1.807, 2.05) is 19.2 Å². The summed E-state index contributed by atoms with van der Waals surface area (Å²) in [7, 11) is 3.51. The van der Waals surface area contributed by atoms with Crippen LogP contribution in [0, 0.1) is 0 Å². The van der Waals surface area contributed by atoms with E-state index in [0.29, 0.717) is 12.0 Å². The van der Waals surface area contributed by atoms with Crippen LogP contribution >= 0.6 is 24.0 Å². The van der Waals surface area contributed by atoms with Crippen LogP contribution in [0.4, 0.5) is 0 Å². The molecule has 0 spiro atoms. The third kappa shape index (κ3) is 5.63. The second kappa shape index (κ2) is 9.65. The second-order valence-corrected chi connectivity index (χ2v) is 6.10. The molecule has 1 saturated carbocycles. The van der Waals surface area contributed by atoms with Crippen LogP contribution in [-0.2, 0) is 6.42 Å². The third-order valence-corrected chi connectivity index (χ3v) is 4.43. The summed E-state index contributed by atoms with van der Waals surface area (Å²) in [5.74, 6) is 2.38. The first-order valence-electron chi connectivity index (χ1n) is 8.45. The number of benzene rings is 2. The molecule has 134 valence electrons. The molecule has 2 aromatic carbocycles. The van der Waals surface area contributed by atoms with E-state index < -0.39 is 0 Å². The van der Waals surface area contributed by atoms with E-state index in [1.165, 1.54) is 17.5 Å². The molecule has 1 fully saturated rings. The summed E-state index contributed by atoms with van der Waals surface area (Å²) in [6, 6.07) is 19.4. The number of rotatable bonds is 6. The van der Waals surface area contributed by atoms with Crippen molar-refractivity contribution in [3.8, 4) is 5.75 Å². The predicted molar refractivity (Wildman–Crippen MR) is 114 cm³/mol. The minimum absolute atomic E-state index is 0. The monoisotopic (exact) mass is 451 g/mol. The van der Waals surface area contributed by atoms with Gasteiger partial charge in [-0.2, -0.15) is 0 Å². The topological polar surface area (TPSA) is 45.7 Å². The van der Waals surface area contributed by atoms with Crippen LogP contribution in [0.3, 0.4) is 0 Å². The fourth-order valence-corrected chi connectivity index (χ4v) is 2.91. The van der Waals surface area contributed by atoms with Gasteiger partial charge in [-0.05, 0) is 36.1 Å². The van der Waals surface area contributed by atoms with E-state index in [0.717, 1.165) is 24.7 Å². The highest BCUT2D eigenvalue weighted by molar-refractivity contribution is 14.0. The molecule has 0 amide bonds. The van der Waals surface area contributed by atoms with Crippen LogP contribution in [0.5, 0.6) is 5.75 Å². The Bertz CT molecular complexity index is 673. The number of aliphatic imine (C=N–C) groups is 1. The minimum Gasteiger partial charge on any atom is -0.497 e. The lowest BCUT2D eigenvalue weighted by atomic mass is 10.1. The number of guanidine groups is 1. The zero-order valence-electron chi connectivity index (χ0n) is 14.7. The number of nitrogens with one attached hydrogen (secondary N) is 2. The quantitative estimate of drug-likeness (QED) is 0.401. The second-order valence-electron chi connectivity index (χ2n) is 6.10. The van der Waals surface area contributed by atoms with Crippen molar-refractivity contribution in [2.75, 3.05) is 20.7 Å². The maximum atomic E-state index is 5.18. The summed E-state index contributed by atoms with van der Waals surface area (Å²) >= 11 is 0. The average molecular weight is 451 g/mol. The number of hydrogen-bond donors (Lipinski definition) is 2. The first kappa shape index (κ1) is 19.6.